The van der Waals surface area contributed by atoms with Crippen molar-refractivity contribution in [3.63, 3.8) is 0 Å². The second kappa shape index (κ2) is 2.81. The van der Waals surface area contributed by atoms with Crippen molar-refractivity contribution in [3.8, 4) is 29.6 Å². The minimum absolute atomic E-state index is 0.624. The van der Waals surface area contributed by atoms with E-state index in [1.54, 1.807) is 18.2 Å². The average molecular weight is 175 g/mol. The molecule has 0 saturated heterocycles. The molecule has 2 rings (SSSR count). The molecule has 0 radical (unpaired) electrons. The van der Waals surface area contributed by atoms with Gasteiger partial charge in [0.15, 0.2) is 5.75 Å². The van der Waals surface area contributed by atoms with Gasteiger partial charge in [-0.25, -0.2) is 0 Å². The van der Waals surface area contributed by atoms with Crippen LogP contribution in [0.5, 0.6) is 5.75 Å². The monoisotopic (exact) mass is 174 g/mol. The first-order valence-corrected chi connectivity index (χ1v) is 3.71. The van der Waals surface area contributed by atoms with Crippen LogP contribution in [-0.2, 0) is 0 Å². The Morgan fingerprint density at radius 1 is 1.25 bits per heavy atom. The number of halogens is 1. The lowest BCUT2D eigenvalue weighted by atomic mass is 10.2. The number of ether oxygens (including phenoxy) is 1. The standard InChI is InChI=1S/C10H3ClO/c11-9-5-4-8-3-1-2-6-12-10(8)7-9/h4-5,7H. The van der Waals surface area contributed by atoms with E-state index in [1.165, 1.54) is 0 Å². The Labute approximate surface area is 75.3 Å². The van der Waals surface area contributed by atoms with Crippen molar-refractivity contribution in [3.05, 3.63) is 28.8 Å². The zero-order valence-corrected chi connectivity index (χ0v) is 6.77. The quantitative estimate of drug-likeness (QED) is 0.547. The molecule has 1 nitrogen and oxygen atoms in total. The van der Waals surface area contributed by atoms with Crippen LogP contribution in [-0.4, -0.2) is 0 Å². The summed E-state index contributed by atoms with van der Waals surface area (Å²) in [4.78, 5) is 0. The molecule has 0 aromatic heterocycles. The van der Waals surface area contributed by atoms with Gasteiger partial charge in [-0.15, -0.1) is 0 Å². The van der Waals surface area contributed by atoms with Gasteiger partial charge in [-0.3, -0.25) is 0 Å². The molecule has 1 heterocycles. The van der Waals surface area contributed by atoms with E-state index in [-0.39, 0.29) is 0 Å². The summed E-state index contributed by atoms with van der Waals surface area (Å²) in [5.74, 6) is 8.65. The molecule has 0 fully saturated rings. The first kappa shape index (κ1) is 7.10. The van der Waals surface area contributed by atoms with Crippen molar-refractivity contribution in [1.82, 2.24) is 0 Å². The first-order valence-electron chi connectivity index (χ1n) is 3.34. The van der Waals surface area contributed by atoms with Crippen LogP contribution >= 0.6 is 11.6 Å². The Balaban J connectivity index is 2.59. The van der Waals surface area contributed by atoms with Crippen molar-refractivity contribution < 1.29 is 4.74 Å². The van der Waals surface area contributed by atoms with Gasteiger partial charge in [0.2, 0.25) is 0 Å². The van der Waals surface area contributed by atoms with E-state index < -0.39 is 0 Å². The first-order chi connectivity index (χ1) is 5.86. The largest absolute Gasteiger partial charge is 0.405 e. The predicted octanol–water partition coefficient (Wildman–Crippen LogP) is 2.04. The second-order valence-corrected chi connectivity index (χ2v) is 2.66. The molecule has 1 aliphatic heterocycles. The highest BCUT2D eigenvalue weighted by Gasteiger charge is 2.02. The van der Waals surface area contributed by atoms with E-state index >= 15 is 0 Å². The fourth-order valence-electron chi connectivity index (χ4n) is 0.888. The Morgan fingerprint density at radius 2 is 2.17 bits per heavy atom. The Morgan fingerprint density at radius 3 is 3.08 bits per heavy atom. The maximum Gasteiger partial charge on any atom is 0.157 e. The molecule has 0 aliphatic carbocycles. The summed E-state index contributed by atoms with van der Waals surface area (Å²) >= 11 is 5.75. The number of fused-ring (bicyclic) bond motifs is 1. The third-order valence-corrected chi connectivity index (χ3v) is 1.65. The van der Waals surface area contributed by atoms with E-state index in [1.807, 2.05) is 0 Å². The van der Waals surface area contributed by atoms with Crippen LogP contribution < -0.4 is 4.74 Å². The van der Waals surface area contributed by atoms with Crippen LogP contribution in [0.25, 0.3) is 0 Å². The average Bonchev–Trinajstić information content (AvgIpc) is 2.28. The highest BCUT2D eigenvalue weighted by Crippen LogP contribution is 2.22. The molecule has 1 aliphatic rings. The van der Waals surface area contributed by atoms with Crippen molar-refractivity contribution in [2.75, 3.05) is 0 Å². The SMILES string of the molecule is Clc1ccc2c(c1)OC#CC#C2. The molecular weight excluding hydrogens is 172 g/mol. The van der Waals surface area contributed by atoms with Crippen LogP contribution in [0.4, 0.5) is 0 Å². The normalized spacial score (nSPS) is 10.8. The molecule has 2 heteroatoms. The molecule has 1 aromatic carbocycles. The van der Waals surface area contributed by atoms with Crippen LogP contribution in [0.3, 0.4) is 0 Å². The Hall–Kier alpha value is -1.57. The van der Waals surface area contributed by atoms with Gasteiger partial charge in [-0.2, -0.15) is 0 Å². The molecule has 0 spiro atoms. The second-order valence-electron chi connectivity index (χ2n) is 2.22. The topological polar surface area (TPSA) is 9.23 Å². The zero-order valence-electron chi connectivity index (χ0n) is 6.02. The summed E-state index contributed by atoms with van der Waals surface area (Å²) in [6.45, 7) is 0. The lowest BCUT2D eigenvalue weighted by Gasteiger charge is -1.99. The zero-order chi connectivity index (χ0) is 8.39. The minimum atomic E-state index is 0.624. The minimum Gasteiger partial charge on any atom is -0.405 e. The number of hydrogen-bond donors (Lipinski definition) is 0. The summed E-state index contributed by atoms with van der Waals surface area (Å²) in [5.41, 5.74) is 0.803. The number of benzene rings is 1. The van der Waals surface area contributed by atoms with E-state index in [2.05, 4.69) is 23.9 Å². The van der Waals surface area contributed by atoms with Crippen LogP contribution in [0.1, 0.15) is 5.56 Å². The molecule has 0 saturated carbocycles. The Bertz CT molecular complexity index is 440. The van der Waals surface area contributed by atoms with E-state index in [0.717, 1.165) is 5.56 Å². The molecule has 56 valence electrons. The highest BCUT2D eigenvalue weighted by molar-refractivity contribution is 6.30. The van der Waals surface area contributed by atoms with Gasteiger partial charge in [0.1, 0.15) is 6.11 Å². The summed E-state index contributed by atoms with van der Waals surface area (Å²) in [6.07, 6.45) is 2.45. The lowest BCUT2D eigenvalue weighted by Crippen LogP contribution is -1.85. The van der Waals surface area contributed by atoms with E-state index in [4.69, 9.17) is 16.3 Å². The van der Waals surface area contributed by atoms with Crippen LogP contribution in [0, 0.1) is 23.9 Å². The highest BCUT2D eigenvalue weighted by atomic mass is 35.5. The summed E-state index contributed by atoms with van der Waals surface area (Å²) in [5, 5.41) is 0.624. The molecule has 0 N–H and O–H groups in total. The summed E-state index contributed by atoms with van der Waals surface area (Å²) in [7, 11) is 0. The fraction of sp³-hybridized carbons (Fsp3) is 0. The maximum atomic E-state index is 5.75. The van der Waals surface area contributed by atoms with Crippen LogP contribution in [0.2, 0.25) is 5.02 Å². The number of rotatable bonds is 0. The van der Waals surface area contributed by atoms with Gasteiger partial charge in [-0.05, 0) is 24.0 Å². The molecule has 0 atom stereocenters. The lowest BCUT2D eigenvalue weighted by molar-refractivity contribution is 0.519. The van der Waals surface area contributed by atoms with Gasteiger partial charge in [0.05, 0.1) is 5.56 Å². The van der Waals surface area contributed by atoms with Crippen molar-refractivity contribution >= 4 is 11.6 Å². The number of hydrogen-bond acceptors (Lipinski definition) is 1. The molecular formula is C10H3ClO. The van der Waals surface area contributed by atoms with Gasteiger partial charge in [0, 0.05) is 17.0 Å². The van der Waals surface area contributed by atoms with E-state index in [9.17, 15) is 0 Å². The van der Waals surface area contributed by atoms with Crippen LogP contribution in [0.15, 0.2) is 18.2 Å². The van der Waals surface area contributed by atoms with E-state index in [0.29, 0.717) is 10.8 Å². The van der Waals surface area contributed by atoms with Gasteiger partial charge in [0.25, 0.3) is 0 Å². The Kier molecular flexibility index (Phi) is 1.67. The van der Waals surface area contributed by atoms with Gasteiger partial charge < -0.3 is 4.74 Å². The van der Waals surface area contributed by atoms with Gasteiger partial charge in [-0.1, -0.05) is 11.6 Å². The maximum absolute atomic E-state index is 5.75. The summed E-state index contributed by atoms with van der Waals surface area (Å²) < 4.78 is 5.06. The van der Waals surface area contributed by atoms with Gasteiger partial charge >= 0.3 is 0 Å². The molecule has 12 heavy (non-hydrogen) atoms. The van der Waals surface area contributed by atoms with Crippen molar-refractivity contribution in [2.24, 2.45) is 0 Å². The predicted molar refractivity (Wildman–Crippen MR) is 46.7 cm³/mol. The third-order valence-electron chi connectivity index (χ3n) is 1.42. The van der Waals surface area contributed by atoms with Crippen molar-refractivity contribution in [1.29, 1.82) is 0 Å². The molecule has 0 amide bonds. The third kappa shape index (κ3) is 1.23. The molecule has 1 aromatic rings. The molecule has 0 unspecified atom stereocenters. The smallest absolute Gasteiger partial charge is 0.157 e. The van der Waals surface area contributed by atoms with Crippen molar-refractivity contribution in [2.45, 2.75) is 0 Å². The summed E-state index contributed by atoms with van der Waals surface area (Å²) in [6, 6.07) is 5.27. The fourth-order valence-corrected chi connectivity index (χ4v) is 1.05. The molecule has 0 bridgehead atoms.